The first-order chi connectivity index (χ1) is 9.76. The number of nitrogen functional groups attached to an aromatic ring is 1. The number of aryl methyl sites for hydroxylation is 1. The lowest BCUT2D eigenvalue weighted by Gasteiger charge is -2.32. The molecule has 2 aromatic rings. The minimum absolute atomic E-state index is 0.387. The molecule has 1 aliphatic heterocycles. The van der Waals surface area contributed by atoms with Gasteiger partial charge in [-0.15, -0.1) is 10.2 Å². The van der Waals surface area contributed by atoms with Crippen molar-refractivity contribution in [3.8, 4) is 0 Å². The zero-order chi connectivity index (χ0) is 13.9. The van der Waals surface area contributed by atoms with Crippen molar-refractivity contribution < 1.29 is 4.42 Å². The fourth-order valence-corrected chi connectivity index (χ4v) is 2.63. The van der Waals surface area contributed by atoms with E-state index in [0.717, 1.165) is 37.5 Å². The van der Waals surface area contributed by atoms with Crippen molar-refractivity contribution in [1.29, 1.82) is 0 Å². The van der Waals surface area contributed by atoms with Gasteiger partial charge in [0, 0.05) is 37.3 Å². The van der Waals surface area contributed by atoms with E-state index in [1.807, 2.05) is 19.1 Å². The molecule has 6 heteroatoms. The Morgan fingerprint density at radius 1 is 1.20 bits per heavy atom. The lowest BCUT2D eigenvalue weighted by Crippen LogP contribution is -2.32. The van der Waals surface area contributed by atoms with Gasteiger partial charge in [-0.25, -0.2) is 0 Å². The number of benzene rings is 1. The van der Waals surface area contributed by atoms with Gasteiger partial charge in [0.25, 0.3) is 0 Å². The summed E-state index contributed by atoms with van der Waals surface area (Å²) in [4.78, 5) is 2.38. The Morgan fingerprint density at radius 2 is 1.90 bits per heavy atom. The Labute approximate surface area is 117 Å². The van der Waals surface area contributed by atoms with Crippen LogP contribution in [0.1, 0.15) is 30.5 Å². The number of nitrogens with zero attached hydrogens (tertiary/aromatic N) is 3. The van der Waals surface area contributed by atoms with Gasteiger partial charge in [0.05, 0.1) is 0 Å². The second kappa shape index (κ2) is 5.50. The molecule has 6 nitrogen and oxygen atoms in total. The molecule has 1 aromatic heterocycles. The summed E-state index contributed by atoms with van der Waals surface area (Å²) in [5.41, 5.74) is 4.79. The molecule has 0 atom stereocenters. The van der Waals surface area contributed by atoms with Crippen molar-refractivity contribution in [1.82, 2.24) is 10.2 Å². The monoisotopic (exact) mass is 273 g/mol. The first-order valence-corrected chi connectivity index (χ1v) is 6.88. The molecule has 1 fully saturated rings. The van der Waals surface area contributed by atoms with E-state index >= 15 is 0 Å². The topological polar surface area (TPSA) is 80.2 Å². The van der Waals surface area contributed by atoms with Crippen LogP contribution in [0.15, 0.2) is 28.7 Å². The van der Waals surface area contributed by atoms with Crippen LogP contribution < -0.4 is 16.2 Å². The van der Waals surface area contributed by atoms with E-state index in [1.165, 1.54) is 5.69 Å². The molecule has 0 aliphatic carbocycles. The standard InChI is InChI=1S/C14H19N5O/c1-10-17-18-14(20-10)11-6-8-19(9-7-11)13-4-2-12(16-15)3-5-13/h2-5,11,16H,6-9,15H2,1H3. The fourth-order valence-electron chi connectivity index (χ4n) is 2.63. The first kappa shape index (κ1) is 12.9. The van der Waals surface area contributed by atoms with E-state index in [9.17, 15) is 0 Å². The van der Waals surface area contributed by atoms with Crippen LogP contribution in [0.5, 0.6) is 0 Å². The zero-order valence-corrected chi connectivity index (χ0v) is 11.5. The van der Waals surface area contributed by atoms with E-state index in [2.05, 4.69) is 32.7 Å². The summed E-state index contributed by atoms with van der Waals surface area (Å²) in [6, 6.07) is 8.16. The molecule has 2 heterocycles. The third-order valence-electron chi connectivity index (χ3n) is 3.78. The van der Waals surface area contributed by atoms with Gasteiger partial charge in [0.1, 0.15) is 0 Å². The summed E-state index contributed by atoms with van der Waals surface area (Å²) < 4.78 is 5.53. The Hall–Kier alpha value is -2.08. The molecule has 0 saturated carbocycles. The van der Waals surface area contributed by atoms with Gasteiger partial charge < -0.3 is 14.7 Å². The van der Waals surface area contributed by atoms with E-state index < -0.39 is 0 Å². The highest BCUT2D eigenvalue weighted by molar-refractivity contribution is 5.54. The molecule has 1 aliphatic rings. The number of hydrogen-bond acceptors (Lipinski definition) is 6. The second-order valence-electron chi connectivity index (χ2n) is 5.11. The molecule has 1 saturated heterocycles. The summed E-state index contributed by atoms with van der Waals surface area (Å²) in [6.45, 7) is 3.83. The Balaban J connectivity index is 1.63. The average Bonchev–Trinajstić information content (AvgIpc) is 2.94. The van der Waals surface area contributed by atoms with Crippen LogP contribution in [0.3, 0.4) is 0 Å². The number of piperidine rings is 1. The highest BCUT2D eigenvalue weighted by atomic mass is 16.4. The largest absolute Gasteiger partial charge is 0.425 e. The molecule has 1 aromatic carbocycles. The summed E-state index contributed by atoms with van der Waals surface area (Å²) in [6.07, 6.45) is 2.08. The van der Waals surface area contributed by atoms with Crippen LogP contribution in [-0.4, -0.2) is 23.3 Å². The summed E-state index contributed by atoms with van der Waals surface area (Å²) in [7, 11) is 0. The number of nitrogens with two attached hydrogens (primary N) is 1. The molecule has 3 rings (SSSR count). The number of anilines is 2. The van der Waals surface area contributed by atoms with Gasteiger partial charge in [0.15, 0.2) is 0 Å². The number of aromatic nitrogens is 2. The number of nitrogens with one attached hydrogen (secondary N) is 1. The van der Waals surface area contributed by atoms with Crippen LogP contribution in [0.2, 0.25) is 0 Å². The number of hydrogen-bond donors (Lipinski definition) is 2. The van der Waals surface area contributed by atoms with Crippen LogP contribution in [-0.2, 0) is 0 Å². The van der Waals surface area contributed by atoms with Crippen LogP contribution in [0.4, 0.5) is 11.4 Å². The van der Waals surface area contributed by atoms with Crippen LogP contribution >= 0.6 is 0 Å². The first-order valence-electron chi connectivity index (χ1n) is 6.88. The zero-order valence-electron chi connectivity index (χ0n) is 11.5. The fraction of sp³-hybridized carbons (Fsp3) is 0.429. The molecule has 0 radical (unpaired) electrons. The maximum absolute atomic E-state index is 5.53. The lowest BCUT2D eigenvalue weighted by molar-refractivity contribution is 0.383. The minimum atomic E-state index is 0.387. The van der Waals surface area contributed by atoms with Gasteiger partial charge in [-0.2, -0.15) is 0 Å². The maximum Gasteiger partial charge on any atom is 0.219 e. The van der Waals surface area contributed by atoms with Crippen LogP contribution in [0, 0.1) is 6.92 Å². The van der Waals surface area contributed by atoms with Gasteiger partial charge in [-0.3, -0.25) is 5.84 Å². The Morgan fingerprint density at radius 3 is 2.45 bits per heavy atom. The maximum atomic E-state index is 5.53. The molecular weight excluding hydrogens is 254 g/mol. The van der Waals surface area contributed by atoms with Gasteiger partial charge in [-0.1, -0.05) is 0 Å². The second-order valence-corrected chi connectivity index (χ2v) is 5.11. The third kappa shape index (κ3) is 2.60. The molecule has 0 bridgehead atoms. The highest BCUT2D eigenvalue weighted by Gasteiger charge is 2.24. The number of hydrazine groups is 1. The number of rotatable bonds is 3. The van der Waals surface area contributed by atoms with Crippen molar-refractivity contribution in [3.63, 3.8) is 0 Å². The molecule has 0 amide bonds. The van der Waals surface area contributed by atoms with E-state index in [0.29, 0.717) is 11.8 Å². The van der Waals surface area contributed by atoms with E-state index in [4.69, 9.17) is 10.3 Å². The molecule has 20 heavy (non-hydrogen) atoms. The smallest absolute Gasteiger partial charge is 0.219 e. The lowest BCUT2D eigenvalue weighted by atomic mass is 9.96. The predicted molar refractivity (Wildman–Crippen MR) is 77.5 cm³/mol. The molecule has 3 N–H and O–H groups in total. The predicted octanol–water partition coefficient (Wildman–Crippen LogP) is 2.05. The van der Waals surface area contributed by atoms with Crippen molar-refractivity contribution in [3.05, 3.63) is 36.0 Å². The van der Waals surface area contributed by atoms with Crippen molar-refractivity contribution in [2.75, 3.05) is 23.4 Å². The summed E-state index contributed by atoms with van der Waals surface area (Å²) >= 11 is 0. The quantitative estimate of drug-likeness (QED) is 0.658. The molecule has 106 valence electrons. The highest BCUT2D eigenvalue weighted by Crippen LogP contribution is 2.30. The third-order valence-corrected chi connectivity index (χ3v) is 3.78. The Bertz CT molecular complexity index is 557. The minimum Gasteiger partial charge on any atom is -0.425 e. The normalized spacial score (nSPS) is 16.4. The van der Waals surface area contributed by atoms with Gasteiger partial charge in [0.2, 0.25) is 11.8 Å². The summed E-state index contributed by atoms with van der Waals surface area (Å²) in [5.74, 6) is 7.19. The van der Waals surface area contributed by atoms with Crippen molar-refractivity contribution in [2.45, 2.75) is 25.7 Å². The molecule has 0 spiro atoms. The van der Waals surface area contributed by atoms with Crippen molar-refractivity contribution >= 4 is 11.4 Å². The van der Waals surface area contributed by atoms with E-state index in [-0.39, 0.29) is 0 Å². The van der Waals surface area contributed by atoms with Gasteiger partial charge in [-0.05, 0) is 37.1 Å². The Kier molecular flexibility index (Phi) is 3.56. The van der Waals surface area contributed by atoms with Crippen molar-refractivity contribution in [2.24, 2.45) is 5.84 Å². The van der Waals surface area contributed by atoms with Gasteiger partial charge >= 0.3 is 0 Å². The summed E-state index contributed by atoms with van der Waals surface area (Å²) in [5, 5.41) is 8.04. The van der Waals surface area contributed by atoms with Crippen LogP contribution in [0.25, 0.3) is 0 Å². The average molecular weight is 273 g/mol. The molecular formula is C14H19N5O. The molecule has 0 unspecified atom stereocenters. The van der Waals surface area contributed by atoms with E-state index in [1.54, 1.807) is 0 Å². The SMILES string of the molecule is Cc1nnc(C2CCN(c3ccc(NN)cc3)CC2)o1.